The lowest BCUT2D eigenvalue weighted by atomic mass is 9.92. The minimum Gasteiger partial charge on any atom is -0.485 e. The number of rotatable bonds is 6. The van der Waals surface area contributed by atoms with Crippen LogP contribution in [0.15, 0.2) is 10.8 Å². The summed E-state index contributed by atoms with van der Waals surface area (Å²) in [5.74, 6) is 1.67. The molecule has 0 aromatic carbocycles. The summed E-state index contributed by atoms with van der Waals surface area (Å²) in [5, 5.41) is 3.92. The summed E-state index contributed by atoms with van der Waals surface area (Å²) in [4.78, 5) is 0. The molecule has 1 aromatic rings. The Morgan fingerprint density at radius 3 is 2.65 bits per heavy atom. The van der Waals surface area contributed by atoms with Gasteiger partial charge in [0.05, 0.1) is 12.2 Å². The van der Waals surface area contributed by atoms with Gasteiger partial charge in [-0.2, -0.15) is 0 Å². The smallest absolute Gasteiger partial charge is 0.172 e. The fraction of sp³-hybridized carbons (Fsp3) is 0.733. The van der Waals surface area contributed by atoms with E-state index in [4.69, 9.17) is 19.9 Å². The molecule has 1 aromatic heterocycles. The van der Waals surface area contributed by atoms with Crippen LogP contribution < -0.4 is 15.2 Å². The van der Waals surface area contributed by atoms with Gasteiger partial charge in [0, 0.05) is 16.3 Å². The van der Waals surface area contributed by atoms with Crippen LogP contribution in [-0.2, 0) is 4.74 Å². The predicted octanol–water partition coefficient (Wildman–Crippen LogP) is 3.20. The lowest BCUT2D eigenvalue weighted by Crippen LogP contribution is -2.39. The minimum absolute atomic E-state index is 0.0396. The van der Waals surface area contributed by atoms with Crippen molar-refractivity contribution in [2.45, 2.75) is 57.8 Å². The van der Waals surface area contributed by atoms with Crippen molar-refractivity contribution in [1.29, 1.82) is 0 Å². The molecule has 0 aliphatic carbocycles. The van der Waals surface area contributed by atoms with Crippen molar-refractivity contribution >= 4 is 11.3 Å². The lowest BCUT2D eigenvalue weighted by Gasteiger charge is -2.32. The summed E-state index contributed by atoms with van der Waals surface area (Å²) in [6.07, 6.45) is 1.81. The zero-order chi connectivity index (χ0) is 14.8. The zero-order valence-corrected chi connectivity index (χ0v) is 13.6. The van der Waals surface area contributed by atoms with E-state index in [1.165, 1.54) is 0 Å². The van der Waals surface area contributed by atoms with Gasteiger partial charge in [-0.25, -0.2) is 0 Å². The van der Waals surface area contributed by atoms with Crippen molar-refractivity contribution in [3.63, 3.8) is 0 Å². The second-order valence-corrected chi connectivity index (χ2v) is 7.45. The molecule has 0 bridgehead atoms. The van der Waals surface area contributed by atoms with Crippen LogP contribution in [0.1, 0.15) is 40.5 Å². The van der Waals surface area contributed by atoms with Gasteiger partial charge in [-0.05, 0) is 40.5 Å². The summed E-state index contributed by atoms with van der Waals surface area (Å²) in [7, 11) is 0. The Hall–Kier alpha value is -0.780. The van der Waals surface area contributed by atoms with E-state index in [9.17, 15) is 0 Å². The number of fused-ring (bicyclic) bond motifs is 1. The molecule has 2 N–H and O–H groups in total. The van der Waals surface area contributed by atoms with Crippen LogP contribution >= 0.6 is 11.3 Å². The molecule has 0 saturated heterocycles. The molecule has 2 rings (SSSR count). The Morgan fingerprint density at radius 1 is 1.25 bits per heavy atom. The maximum Gasteiger partial charge on any atom is 0.172 e. The third kappa shape index (κ3) is 4.65. The Kier molecular flexibility index (Phi) is 4.62. The van der Waals surface area contributed by atoms with Gasteiger partial charge in [-0.1, -0.05) is 0 Å². The fourth-order valence-electron chi connectivity index (χ4n) is 1.96. The molecule has 1 unspecified atom stereocenters. The molecule has 0 fully saturated rings. The Labute approximate surface area is 125 Å². The first kappa shape index (κ1) is 15.6. The van der Waals surface area contributed by atoms with Gasteiger partial charge < -0.3 is 19.9 Å². The number of hydrogen-bond acceptors (Lipinski definition) is 5. The van der Waals surface area contributed by atoms with Crippen LogP contribution in [0.2, 0.25) is 0 Å². The van der Waals surface area contributed by atoms with Gasteiger partial charge in [0.2, 0.25) is 0 Å². The van der Waals surface area contributed by atoms with Gasteiger partial charge in [0.25, 0.3) is 0 Å². The lowest BCUT2D eigenvalue weighted by molar-refractivity contribution is -0.0732. The van der Waals surface area contributed by atoms with Crippen molar-refractivity contribution in [3.05, 3.63) is 10.8 Å². The van der Waals surface area contributed by atoms with Crippen molar-refractivity contribution in [2.24, 2.45) is 5.73 Å². The second-order valence-electron chi connectivity index (χ2n) is 6.71. The highest BCUT2D eigenvalue weighted by Crippen LogP contribution is 2.35. The van der Waals surface area contributed by atoms with Crippen molar-refractivity contribution in [3.8, 4) is 11.5 Å². The van der Waals surface area contributed by atoms with E-state index in [1.54, 1.807) is 11.3 Å². The summed E-state index contributed by atoms with van der Waals surface area (Å²) in [6.45, 7) is 9.35. The first-order valence-corrected chi connectivity index (χ1v) is 7.98. The third-order valence-corrected chi connectivity index (χ3v) is 4.04. The van der Waals surface area contributed by atoms with Crippen LogP contribution in [0.4, 0.5) is 0 Å². The first-order chi connectivity index (χ1) is 9.25. The molecule has 5 heteroatoms. The van der Waals surface area contributed by atoms with E-state index < -0.39 is 0 Å². The van der Waals surface area contributed by atoms with Gasteiger partial charge >= 0.3 is 0 Å². The van der Waals surface area contributed by atoms with Crippen molar-refractivity contribution < 1.29 is 14.2 Å². The van der Waals surface area contributed by atoms with E-state index in [2.05, 4.69) is 13.8 Å². The Bertz CT molecular complexity index is 437. The SMILES string of the molecule is CC(C)(N)CCC(C)(C)OCC1COc2cscc2O1. The van der Waals surface area contributed by atoms with Crippen LogP contribution in [0.25, 0.3) is 0 Å². The molecule has 1 aliphatic heterocycles. The number of ether oxygens (including phenoxy) is 3. The molecule has 20 heavy (non-hydrogen) atoms. The second kappa shape index (κ2) is 5.92. The molecule has 114 valence electrons. The highest BCUT2D eigenvalue weighted by atomic mass is 32.1. The molecule has 0 saturated carbocycles. The molecule has 0 spiro atoms. The maximum absolute atomic E-state index is 6.02. The molecular formula is C15H25NO3S. The summed E-state index contributed by atoms with van der Waals surface area (Å²) >= 11 is 1.59. The van der Waals surface area contributed by atoms with Crippen LogP contribution in [0.3, 0.4) is 0 Å². The molecule has 0 radical (unpaired) electrons. The van der Waals surface area contributed by atoms with Crippen LogP contribution in [0, 0.1) is 0 Å². The predicted molar refractivity (Wildman–Crippen MR) is 81.8 cm³/mol. The number of hydrogen-bond donors (Lipinski definition) is 1. The minimum atomic E-state index is -0.199. The first-order valence-electron chi connectivity index (χ1n) is 7.04. The van der Waals surface area contributed by atoms with Crippen molar-refractivity contribution in [1.82, 2.24) is 0 Å². The van der Waals surface area contributed by atoms with Gasteiger partial charge in [-0.15, -0.1) is 11.3 Å². The molecule has 1 atom stereocenters. The molecular weight excluding hydrogens is 274 g/mol. The van der Waals surface area contributed by atoms with E-state index in [0.717, 1.165) is 24.3 Å². The molecule has 2 heterocycles. The quantitative estimate of drug-likeness (QED) is 0.876. The molecule has 4 nitrogen and oxygen atoms in total. The monoisotopic (exact) mass is 299 g/mol. The molecule has 1 aliphatic rings. The zero-order valence-electron chi connectivity index (χ0n) is 12.8. The Balaban J connectivity index is 1.77. The van der Waals surface area contributed by atoms with Crippen LogP contribution in [0.5, 0.6) is 11.5 Å². The topological polar surface area (TPSA) is 53.7 Å². The standard InChI is InChI=1S/C15H25NO3S/c1-14(2,16)5-6-15(3,4)18-8-11-7-17-12-9-20-10-13(12)19-11/h9-11H,5-8,16H2,1-4H3. The summed E-state index contributed by atoms with van der Waals surface area (Å²) in [6, 6.07) is 0. The van der Waals surface area contributed by atoms with E-state index in [0.29, 0.717) is 13.2 Å². The van der Waals surface area contributed by atoms with E-state index >= 15 is 0 Å². The molecule has 0 amide bonds. The van der Waals surface area contributed by atoms with Gasteiger partial charge in [-0.3, -0.25) is 0 Å². The number of thiophene rings is 1. The van der Waals surface area contributed by atoms with E-state index in [-0.39, 0.29) is 17.2 Å². The van der Waals surface area contributed by atoms with Crippen LogP contribution in [-0.4, -0.2) is 30.5 Å². The fourth-order valence-corrected chi connectivity index (χ4v) is 2.63. The highest BCUT2D eigenvalue weighted by Gasteiger charge is 2.27. The summed E-state index contributed by atoms with van der Waals surface area (Å²) in [5.41, 5.74) is 5.67. The largest absolute Gasteiger partial charge is 0.485 e. The Morgan fingerprint density at radius 2 is 1.95 bits per heavy atom. The average molecular weight is 299 g/mol. The average Bonchev–Trinajstić information content (AvgIpc) is 2.81. The maximum atomic E-state index is 6.02. The number of nitrogens with two attached hydrogens (primary N) is 1. The third-order valence-electron chi connectivity index (χ3n) is 3.34. The van der Waals surface area contributed by atoms with Gasteiger partial charge in [0.15, 0.2) is 17.6 Å². The van der Waals surface area contributed by atoms with Gasteiger partial charge in [0.1, 0.15) is 6.61 Å². The summed E-state index contributed by atoms with van der Waals surface area (Å²) < 4.78 is 17.5. The van der Waals surface area contributed by atoms with E-state index in [1.807, 2.05) is 24.6 Å². The normalized spacial score (nSPS) is 19.1. The van der Waals surface area contributed by atoms with Crippen molar-refractivity contribution in [2.75, 3.05) is 13.2 Å². The highest BCUT2D eigenvalue weighted by molar-refractivity contribution is 7.08.